The first-order valence-electron chi connectivity index (χ1n) is 35.7. The molecule has 0 radical (unpaired) electrons. The van der Waals surface area contributed by atoms with Crippen molar-refractivity contribution in [3.63, 3.8) is 0 Å². The topological polar surface area (TPSA) is 35.9 Å². The maximum absolute atomic E-state index is 10.1. The van der Waals surface area contributed by atoms with Crippen molar-refractivity contribution in [2.45, 2.75) is 104 Å². The molecule has 3 heterocycles. The first-order valence-corrected chi connectivity index (χ1v) is 22.7. The Bertz CT molecular complexity index is 4810. The third-order valence-corrected chi connectivity index (χ3v) is 12.3. The van der Waals surface area contributed by atoms with E-state index in [9.17, 15) is 12.3 Å². The van der Waals surface area contributed by atoms with E-state index < -0.39 is 133 Å². The summed E-state index contributed by atoms with van der Waals surface area (Å²) in [5.74, 6) is 0.890. The molecule has 0 atom stereocenters. The molecule has 0 bridgehead atoms. The smallest absolute Gasteiger partial charge is 0.269 e. The minimum Gasteiger partial charge on any atom is -0.458 e. The number of nitrogens with zero attached hydrogens (tertiary/aromatic N) is 4. The van der Waals surface area contributed by atoms with Crippen LogP contribution in [0.1, 0.15) is 140 Å². The molecule has 1 aliphatic rings. The molecular formula is C65H64N4O. The van der Waals surface area contributed by atoms with Gasteiger partial charge in [-0.3, -0.25) is 13.7 Å². The normalized spacial score (nSPS) is 22.4. The van der Waals surface area contributed by atoms with Gasteiger partial charge in [-0.15, -0.1) is 0 Å². The standard InChI is InChI=1S/C65H64N4O/c1-62(2,3)40-45-37-60(66-41-52(45)43-20-12-11-13-21-43)69-56-27-15-14-24-50(56)51-32-31-48(39-59(51)69)70-47-23-18-22-46(38-47)67-42-68(58-29-17-16-28-57(58)67)61-49(25-19-26-54(61)63(4,5)6)44-30-33-53-55(36-44)65(9,10)35-34-64(53,7)8/h11-33,36-39,41H,34-35,40H2,1-10H3/i7D3,8D3,9D3,10D3,11D,12D,13D,20D,21D,30D,33D,34D2,35D2,36D,40D2. The van der Waals surface area contributed by atoms with Crippen LogP contribution in [0.3, 0.4) is 0 Å². The van der Waals surface area contributed by atoms with Gasteiger partial charge in [0.05, 0.1) is 44.4 Å². The van der Waals surface area contributed by atoms with Crippen molar-refractivity contribution >= 4 is 32.8 Å². The number of aromatic nitrogens is 4. The van der Waals surface area contributed by atoms with Gasteiger partial charge >= 0.3 is 0 Å². The summed E-state index contributed by atoms with van der Waals surface area (Å²) in [6, 6.07) is 26.2. The maximum atomic E-state index is 10.1. The van der Waals surface area contributed by atoms with Gasteiger partial charge < -0.3 is 4.74 Å². The Kier molecular flexibility index (Phi) is 5.86. The van der Waals surface area contributed by atoms with E-state index in [-0.39, 0.29) is 33.8 Å². The summed E-state index contributed by atoms with van der Waals surface area (Å²) in [5, 5.41) is 1.57. The van der Waals surface area contributed by atoms with Crippen LogP contribution in [0.5, 0.6) is 11.5 Å². The van der Waals surface area contributed by atoms with Gasteiger partial charge in [0.2, 0.25) is 0 Å². The van der Waals surface area contributed by atoms with Crippen LogP contribution < -0.4 is 9.30 Å². The van der Waals surface area contributed by atoms with Crippen molar-refractivity contribution in [3.05, 3.63) is 198 Å². The van der Waals surface area contributed by atoms with Gasteiger partial charge in [-0.2, -0.15) is 0 Å². The molecule has 5 nitrogen and oxygen atoms in total. The second kappa shape index (κ2) is 16.7. The molecule has 0 amide bonds. The predicted molar refractivity (Wildman–Crippen MR) is 290 cm³/mol. The average molecular weight is 943 g/mol. The van der Waals surface area contributed by atoms with Crippen LogP contribution in [0.4, 0.5) is 0 Å². The Balaban J connectivity index is 1.10. The molecule has 0 aliphatic heterocycles. The van der Waals surface area contributed by atoms with Crippen LogP contribution in [0, 0.1) is 11.7 Å². The average Bonchev–Trinajstić information content (AvgIpc) is 0.755. The van der Waals surface area contributed by atoms with E-state index in [2.05, 4.69) is 6.33 Å². The van der Waals surface area contributed by atoms with E-state index >= 15 is 0 Å². The Morgan fingerprint density at radius 1 is 0.700 bits per heavy atom. The van der Waals surface area contributed by atoms with Crippen LogP contribution in [-0.2, 0) is 22.6 Å². The Morgan fingerprint density at radius 2 is 1.41 bits per heavy atom. The first kappa shape index (κ1) is 24.5. The number of rotatable bonds is 8. The van der Waals surface area contributed by atoms with Crippen molar-refractivity contribution in [2.75, 3.05) is 0 Å². The largest absolute Gasteiger partial charge is 0.458 e. The zero-order valence-corrected chi connectivity index (χ0v) is 39.2. The quantitative estimate of drug-likeness (QED) is 0.112. The zero-order valence-electron chi connectivity index (χ0n) is 65.2. The van der Waals surface area contributed by atoms with E-state index in [1.807, 2.05) is 55.7 Å². The fourth-order valence-corrected chi connectivity index (χ4v) is 9.17. The number of fused-ring (bicyclic) bond motifs is 5. The second-order valence-electron chi connectivity index (χ2n) is 19.6. The number of hydrogen-bond donors (Lipinski definition) is 0. The number of imidazole rings is 1. The van der Waals surface area contributed by atoms with Crippen LogP contribution in [-0.4, -0.2) is 14.1 Å². The number of ether oxygens (including phenoxy) is 1. The van der Waals surface area contributed by atoms with Crippen molar-refractivity contribution in [1.29, 1.82) is 0 Å². The highest BCUT2D eigenvalue weighted by molar-refractivity contribution is 6.09. The van der Waals surface area contributed by atoms with Crippen molar-refractivity contribution < 1.29 is 44.9 Å². The fraction of sp³-hybridized carbons (Fsp3) is 0.262. The summed E-state index contributed by atoms with van der Waals surface area (Å²) in [5.41, 5.74) is -11.6. The number of benzene rings is 7. The number of para-hydroxylation sites is 4. The Labute approximate surface area is 450 Å². The third kappa shape index (κ3) is 8.09. The molecule has 70 heavy (non-hydrogen) atoms. The fourth-order valence-electron chi connectivity index (χ4n) is 9.17. The van der Waals surface area contributed by atoms with Gasteiger partial charge in [0.25, 0.3) is 6.33 Å². The van der Waals surface area contributed by atoms with E-state index in [4.69, 9.17) is 33.0 Å². The lowest BCUT2D eigenvalue weighted by molar-refractivity contribution is -0.572. The summed E-state index contributed by atoms with van der Waals surface area (Å²) in [6.45, 7) is -6.36. The van der Waals surface area contributed by atoms with Gasteiger partial charge in [0, 0.05) is 53.3 Å². The summed E-state index contributed by atoms with van der Waals surface area (Å²) >= 11 is 0. The number of pyridine rings is 1. The lowest BCUT2D eigenvalue weighted by atomic mass is 9.63. The number of hydrogen-bond acceptors (Lipinski definition) is 2. The Morgan fingerprint density at radius 3 is 2.19 bits per heavy atom. The van der Waals surface area contributed by atoms with Crippen molar-refractivity contribution in [1.82, 2.24) is 14.1 Å². The zero-order chi connectivity index (χ0) is 71.1. The molecule has 11 rings (SSSR count). The minimum atomic E-state index is -4.52. The van der Waals surface area contributed by atoms with Crippen LogP contribution in [0.2, 0.25) is 0 Å². The van der Waals surface area contributed by atoms with Crippen molar-refractivity contribution in [2.24, 2.45) is 5.41 Å². The van der Waals surface area contributed by atoms with Crippen LogP contribution in [0.15, 0.2) is 170 Å². The van der Waals surface area contributed by atoms with Crippen LogP contribution in [0.25, 0.3) is 72.3 Å². The van der Waals surface area contributed by atoms with Crippen LogP contribution >= 0.6 is 0 Å². The summed E-state index contributed by atoms with van der Waals surface area (Å²) in [6.07, 6.45) is -6.46. The highest BCUT2D eigenvalue weighted by atomic mass is 16.5. The molecule has 1 aliphatic carbocycles. The maximum Gasteiger partial charge on any atom is 0.269 e. The van der Waals surface area contributed by atoms with E-state index in [0.717, 1.165) is 10.8 Å². The van der Waals surface area contributed by atoms with Gasteiger partial charge in [-0.25, -0.2) is 4.98 Å². The predicted octanol–water partition coefficient (Wildman–Crippen LogP) is 16.6. The lowest BCUT2D eigenvalue weighted by Gasteiger charge is -2.42. The molecule has 10 aromatic rings. The van der Waals surface area contributed by atoms with E-state index in [1.54, 1.807) is 96.6 Å². The highest BCUT2D eigenvalue weighted by Gasteiger charge is 2.37. The monoisotopic (exact) mass is 943 g/mol. The second-order valence-corrected chi connectivity index (χ2v) is 19.6. The highest BCUT2D eigenvalue weighted by Crippen LogP contribution is 2.48. The minimum absolute atomic E-state index is 0.0231. The summed E-state index contributed by atoms with van der Waals surface area (Å²) in [7, 11) is 0. The van der Waals surface area contributed by atoms with Gasteiger partial charge in [0.15, 0.2) is 0 Å². The van der Waals surface area contributed by atoms with E-state index in [0.29, 0.717) is 44.8 Å². The SMILES string of the molecule is [2H]c1c([2H])c([2H])c(-c2cnc(-n3c4ccccc4c4ccc(Oc5cccc(-n6[c-][n+](-c7c(-c8c([2H])c([2H])c9c(c8[2H])C(C([2H])([2H])[2H])(C([2H])([2H])[2H])C([2H])([2H])C([2H])([2H])C9(C([2H])([2H])[2H])C([2H])([2H])[2H])cccc7C(C)(C)C)c7ccccc76)c5)cc43)cc2C([2H])([2H])C(C)(C)C)c([2H])c1[2H]. The van der Waals surface area contributed by atoms with Gasteiger partial charge in [0.1, 0.15) is 17.3 Å². The van der Waals surface area contributed by atoms with E-state index in [1.165, 1.54) is 24.4 Å². The molecule has 7 aromatic carbocycles. The van der Waals surface area contributed by atoms with Gasteiger partial charge in [-0.1, -0.05) is 184 Å². The molecule has 0 saturated heterocycles. The molecule has 0 saturated carbocycles. The lowest BCUT2D eigenvalue weighted by Crippen LogP contribution is -2.35. The van der Waals surface area contributed by atoms with Crippen molar-refractivity contribution in [3.8, 4) is 50.9 Å². The summed E-state index contributed by atoms with van der Waals surface area (Å²) in [4.78, 5) is 4.83. The van der Waals surface area contributed by atoms with Gasteiger partial charge in [-0.05, 0) is 122 Å². The molecule has 350 valence electrons. The molecule has 0 unspecified atom stereocenters. The molecule has 0 N–H and O–H groups in total. The first-order chi connectivity index (χ1) is 44.1. The molecule has 3 aromatic heterocycles. The summed E-state index contributed by atoms with van der Waals surface area (Å²) < 4.78 is 247. The molecular weight excluding hydrogens is 853 g/mol. The molecule has 0 spiro atoms. The molecule has 5 heteroatoms. The third-order valence-electron chi connectivity index (χ3n) is 12.3. The molecule has 0 fully saturated rings. The Hall–Kier alpha value is -7.24.